The van der Waals surface area contributed by atoms with Crippen molar-refractivity contribution in [2.45, 2.75) is 45.3 Å². The van der Waals surface area contributed by atoms with Crippen LogP contribution in [0.15, 0.2) is 48.5 Å². The minimum atomic E-state index is -0.220. The first-order valence-electron chi connectivity index (χ1n) is 13.3. The summed E-state index contributed by atoms with van der Waals surface area (Å²) in [7, 11) is 0. The number of likely N-dealkylation sites (tertiary alicyclic amines) is 1. The van der Waals surface area contributed by atoms with E-state index in [0.717, 1.165) is 51.3 Å². The highest BCUT2D eigenvalue weighted by Crippen LogP contribution is 2.53. The maximum Gasteiger partial charge on any atom is 0.410 e. The standard InChI is InChI=1S/C29H37N3O4/c1-3-35-27(33)12-13-30-15-17-31(18-16-30)23-9-10-25-24-11-14-32(28(21(24)2)26(25)19-23)29(34)36-20-22-7-5-4-6-8-22/h4-10,19,21,24,28H,3,11-18,20H2,1-2H3/t21-,24?,28?/m0/s1. The van der Waals surface area contributed by atoms with Crippen molar-refractivity contribution in [2.75, 3.05) is 50.8 Å². The fourth-order valence-corrected chi connectivity index (χ4v) is 6.15. The number of amides is 1. The summed E-state index contributed by atoms with van der Waals surface area (Å²) in [5.41, 5.74) is 4.90. The monoisotopic (exact) mass is 491 g/mol. The normalized spacial score (nSPS) is 23.3. The zero-order valence-electron chi connectivity index (χ0n) is 21.4. The van der Waals surface area contributed by atoms with E-state index in [2.05, 4.69) is 34.9 Å². The summed E-state index contributed by atoms with van der Waals surface area (Å²) in [6.45, 7) is 10.0. The van der Waals surface area contributed by atoms with Gasteiger partial charge in [0.05, 0.1) is 19.1 Å². The third-order valence-electron chi connectivity index (χ3n) is 8.05. The maximum absolute atomic E-state index is 13.1. The number of nitrogens with zero attached hydrogens (tertiary/aromatic N) is 3. The first kappa shape index (κ1) is 24.6. The molecule has 2 bridgehead atoms. The van der Waals surface area contributed by atoms with Crippen LogP contribution in [0.3, 0.4) is 0 Å². The molecule has 0 radical (unpaired) electrons. The first-order chi connectivity index (χ1) is 17.5. The molecule has 3 atom stereocenters. The number of benzene rings is 2. The van der Waals surface area contributed by atoms with Crippen LogP contribution in [-0.2, 0) is 20.9 Å². The fourth-order valence-electron chi connectivity index (χ4n) is 6.15. The van der Waals surface area contributed by atoms with Gasteiger partial charge in [0.15, 0.2) is 0 Å². The number of piperidine rings is 1. The largest absolute Gasteiger partial charge is 0.466 e. The number of ether oxygens (including phenoxy) is 2. The number of esters is 1. The average Bonchev–Trinajstić information content (AvgIpc) is 3.06. The number of anilines is 1. The molecule has 1 aliphatic carbocycles. The molecule has 0 spiro atoms. The number of fused-ring (bicyclic) bond motifs is 5. The summed E-state index contributed by atoms with van der Waals surface area (Å²) in [4.78, 5) is 31.5. The van der Waals surface area contributed by atoms with Gasteiger partial charge in [0.25, 0.3) is 0 Å². The van der Waals surface area contributed by atoms with Gasteiger partial charge in [-0.05, 0) is 54.0 Å². The number of hydrogen-bond donors (Lipinski definition) is 0. The van der Waals surface area contributed by atoms with Crippen LogP contribution in [0.2, 0.25) is 0 Å². The van der Waals surface area contributed by atoms with Crippen molar-refractivity contribution in [3.8, 4) is 0 Å². The van der Waals surface area contributed by atoms with Crippen molar-refractivity contribution in [3.05, 3.63) is 65.2 Å². The molecule has 2 aromatic carbocycles. The van der Waals surface area contributed by atoms with Crippen LogP contribution >= 0.6 is 0 Å². The Kier molecular flexibility index (Phi) is 7.46. The lowest BCUT2D eigenvalue weighted by atomic mass is 9.86. The highest BCUT2D eigenvalue weighted by atomic mass is 16.6. The van der Waals surface area contributed by atoms with E-state index in [1.54, 1.807) is 0 Å². The van der Waals surface area contributed by atoms with E-state index in [1.807, 2.05) is 42.2 Å². The molecule has 2 aliphatic heterocycles. The number of piperazine rings is 1. The number of carbonyl (C=O) groups is 2. The lowest BCUT2D eigenvalue weighted by Crippen LogP contribution is -2.47. The summed E-state index contributed by atoms with van der Waals surface area (Å²) in [6.07, 6.45) is 1.20. The second kappa shape index (κ2) is 10.9. The van der Waals surface area contributed by atoms with E-state index in [1.165, 1.54) is 16.8 Å². The number of rotatable bonds is 7. The number of hydrogen-bond acceptors (Lipinski definition) is 6. The first-order valence-corrected chi connectivity index (χ1v) is 13.3. The van der Waals surface area contributed by atoms with Crippen LogP contribution in [0, 0.1) is 5.92 Å². The molecule has 1 amide bonds. The van der Waals surface area contributed by atoms with E-state index < -0.39 is 0 Å². The lowest BCUT2D eigenvalue weighted by Gasteiger charge is -2.38. The molecule has 0 saturated carbocycles. The Hall–Kier alpha value is -3.06. The van der Waals surface area contributed by atoms with Crippen LogP contribution < -0.4 is 4.90 Å². The second-order valence-electron chi connectivity index (χ2n) is 10.1. The summed E-state index contributed by atoms with van der Waals surface area (Å²) in [5, 5.41) is 0. The predicted molar refractivity (Wildman–Crippen MR) is 139 cm³/mol. The van der Waals surface area contributed by atoms with E-state index in [0.29, 0.717) is 31.5 Å². The Labute approximate surface area is 214 Å². The topological polar surface area (TPSA) is 62.3 Å². The summed E-state index contributed by atoms with van der Waals surface area (Å²) >= 11 is 0. The van der Waals surface area contributed by atoms with E-state index in [4.69, 9.17) is 9.47 Å². The Bertz CT molecular complexity index is 1070. The van der Waals surface area contributed by atoms with Crippen molar-refractivity contribution < 1.29 is 19.1 Å². The maximum atomic E-state index is 13.1. The molecule has 2 unspecified atom stereocenters. The molecular formula is C29H37N3O4. The van der Waals surface area contributed by atoms with Crippen molar-refractivity contribution in [1.29, 1.82) is 0 Å². The summed E-state index contributed by atoms with van der Waals surface area (Å²) < 4.78 is 10.8. The third-order valence-corrected chi connectivity index (χ3v) is 8.05. The van der Waals surface area contributed by atoms with Crippen LogP contribution in [0.5, 0.6) is 0 Å². The second-order valence-corrected chi connectivity index (χ2v) is 10.1. The molecule has 2 heterocycles. The smallest absolute Gasteiger partial charge is 0.410 e. The Balaban J connectivity index is 1.24. The predicted octanol–water partition coefficient (Wildman–Crippen LogP) is 4.58. The molecule has 5 rings (SSSR count). The highest BCUT2D eigenvalue weighted by Gasteiger charge is 2.47. The van der Waals surface area contributed by atoms with Gasteiger partial charge in [0.2, 0.25) is 0 Å². The molecule has 192 valence electrons. The SMILES string of the molecule is CCOC(=O)CCN1CCN(c2ccc3c(c2)C2[C@@H](C)C3CCN2C(=O)OCc2ccccc2)CC1. The van der Waals surface area contributed by atoms with E-state index in [9.17, 15) is 9.59 Å². The Morgan fingerprint density at radius 2 is 1.72 bits per heavy atom. The average molecular weight is 492 g/mol. The minimum Gasteiger partial charge on any atom is -0.466 e. The molecular weight excluding hydrogens is 454 g/mol. The quantitative estimate of drug-likeness (QED) is 0.529. The van der Waals surface area contributed by atoms with Crippen LogP contribution in [-0.4, -0.2) is 67.7 Å². The molecule has 0 aromatic heterocycles. The number of carbonyl (C=O) groups excluding carboxylic acids is 2. The zero-order valence-corrected chi connectivity index (χ0v) is 21.4. The van der Waals surface area contributed by atoms with Crippen LogP contribution in [0.25, 0.3) is 0 Å². The van der Waals surface area contributed by atoms with Gasteiger partial charge in [-0.3, -0.25) is 9.69 Å². The van der Waals surface area contributed by atoms with Gasteiger partial charge in [0.1, 0.15) is 6.61 Å². The summed E-state index contributed by atoms with van der Waals surface area (Å²) in [6, 6.07) is 16.8. The van der Waals surface area contributed by atoms with Gasteiger partial charge >= 0.3 is 12.1 Å². The van der Waals surface area contributed by atoms with Crippen LogP contribution in [0.4, 0.5) is 10.5 Å². The molecule has 36 heavy (non-hydrogen) atoms. The van der Waals surface area contributed by atoms with Crippen molar-refractivity contribution in [3.63, 3.8) is 0 Å². The lowest BCUT2D eigenvalue weighted by molar-refractivity contribution is -0.143. The van der Waals surface area contributed by atoms with Gasteiger partial charge in [-0.25, -0.2) is 4.79 Å². The van der Waals surface area contributed by atoms with Crippen molar-refractivity contribution in [2.24, 2.45) is 5.92 Å². The molecule has 2 aromatic rings. The Morgan fingerprint density at radius 3 is 2.47 bits per heavy atom. The molecule has 7 nitrogen and oxygen atoms in total. The van der Waals surface area contributed by atoms with Crippen molar-refractivity contribution >= 4 is 17.7 Å². The molecule has 7 heteroatoms. The molecule has 0 N–H and O–H groups in total. The van der Waals surface area contributed by atoms with Crippen molar-refractivity contribution in [1.82, 2.24) is 9.80 Å². The van der Waals surface area contributed by atoms with Gasteiger partial charge in [-0.1, -0.05) is 43.3 Å². The van der Waals surface area contributed by atoms with Gasteiger partial charge in [-0.15, -0.1) is 0 Å². The Morgan fingerprint density at radius 1 is 0.944 bits per heavy atom. The molecule has 3 aliphatic rings. The third kappa shape index (κ3) is 5.07. The minimum absolute atomic E-state index is 0.0628. The van der Waals surface area contributed by atoms with Gasteiger partial charge < -0.3 is 19.3 Å². The highest BCUT2D eigenvalue weighted by molar-refractivity contribution is 5.70. The van der Waals surface area contributed by atoms with E-state index >= 15 is 0 Å². The zero-order chi connectivity index (χ0) is 25.1. The van der Waals surface area contributed by atoms with Gasteiger partial charge in [-0.2, -0.15) is 0 Å². The molecule has 2 saturated heterocycles. The molecule has 2 fully saturated rings. The fraction of sp³-hybridized carbons (Fsp3) is 0.517. The summed E-state index contributed by atoms with van der Waals surface area (Å²) in [5.74, 6) is 0.760. The van der Waals surface area contributed by atoms with E-state index in [-0.39, 0.29) is 18.1 Å². The van der Waals surface area contributed by atoms with Gasteiger partial charge in [0, 0.05) is 45.0 Å². The van der Waals surface area contributed by atoms with Crippen LogP contribution in [0.1, 0.15) is 55.3 Å².